The maximum atomic E-state index is 11.8. The molecule has 2 aromatic carbocycles. The standard InChI is InChI=1S/C14H10Br2ClNO2/c1-8-2-4-12(11(17)6-8)18-14(19)20-13-5-3-9(15)7-10(13)16/h2-7H,1H3,(H,18,19). The maximum Gasteiger partial charge on any atom is 0.417 e. The van der Waals surface area contributed by atoms with E-state index in [1.165, 1.54) is 0 Å². The maximum absolute atomic E-state index is 11.8. The van der Waals surface area contributed by atoms with E-state index in [1.807, 2.05) is 13.0 Å². The molecule has 0 radical (unpaired) electrons. The third-order valence-electron chi connectivity index (χ3n) is 2.46. The average molecular weight is 420 g/mol. The van der Waals surface area contributed by atoms with Crippen LogP contribution in [0.5, 0.6) is 5.75 Å². The lowest BCUT2D eigenvalue weighted by Gasteiger charge is -2.09. The van der Waals surface area contributed by atoms with Crippen molar-refractivity contribution in [2.75, 3.05) is 5.32 Å². The molecule has 2 rings (SSSR count). The lowest BCUT2D eigenvalue weighted by Crippen LogP contribution is -2.17. The van der Waals surface area contributed by atoms with Gasteiger partial charge in [-0.05, 0) is 58.7 Å². The van der Waals surface area contributed by atoms with Crippen LogP contribution in [-0.4, -0.2) is 6.09 Å². The lowest BCUT2D eigenvalue weighted by molar-refractivity contribution is 0.215. The van der Waals surface area contributed by atoms with Crippen LogP contribution in [0.25, 0.3) is 0 Å². The summed E-state index contributed by atoms with van der Waals surface area (Å²) in [6.07, 6.45) is -0.598. The van der Waals surface area contributed by atoms with Gasteiger partial charge in [-0.3, -0.25) is 5.32 Å². The Hall–Kier alpha value is -1.04. The normalized spacial score (nSPS) is 10.2. The second-order valence-electron chi connectivity index (χ2n) is 4.07. The molecule has 2 aromatic rings. The molecule has 0 heterocycles. The molecule has 104 valence electrons. The van der Waals surface area contributed by atoms with Gasteiger partial charge < -0.3 is 4.74 Å². The van der Waals surface area contributed by atoms with Crippen LogP contribution in [0.4, 0.5) is 10.5 Å². The second-order valence-corrected chi connectivity index (χ2v) is 6.25. The molecule has 0 aromatic heterocycles. The Labute approximate surface area is 138 Å². The van der Waals surface area contributed by atoms with E-state index >= 15 is 0 Å². The van der Waals surface area contributed by atoms with Crippen LogP contribution >= 0.6 is 43.5 Å². The number of hydrogen-bond donors (Lipinski definition) is 1. The fourth-order valence-electron chi connectivity index (χ4n) is 1.51. The highest BCUT2D eigenvalue weighted by atomic mass is 79.9. The van der Waals surface area contributed by atoms with Crippen LogP contribution in [0.3, 0.4) is 0 Å². The summed E-state index contributed by atoms with van der Waals surface area (Å²) < 4.78 is 6.78. The van der Waals surface area contributed by atoms with Crippen LogP contribution in [0.1, 0.15) is 5.56 Å². The molecule has 0 saturated carbocycles. The first-order valence-electron chi connectivity index (χ1n) is 5.66. The molecule has 1 N–H and O–H groups in total. The second kappa shape index (κ2) is 6.61. The number of carbonyl (C=O) groups excluding carboxylic acids is 1. The molecular formula is C14H10Br2ClNO2. The molecule has 0 fully saturated rings. The van der Waals surface area contributed by atoms with Crippen molar-refractivity contribution in [2.45, 2.75) is 6.92 Å². The van der Waals surface area contributed by atoms with E-state index in [0.29, 0.717) is 20.9 Å². The van der Waals surface area contributed by atoms with E-state index in [2.05, 4.69) is 37.2 Å². The molecule has 1 amide bonds. The SMILES string of the molecule is Cc1ccc(NC(=O)Oc2ccc(Br)cc2Br)c(Cl)c1. The summed E-state index contributed by atoms with van der Waals surface area (Å²) in [4.78, 5) is 11.8. The number of carbonyl (C=O) groups is 1. The molecule has 0 unspecified atom stereocenters. The van der Waals surface area contributed by atoms with Crippen molar-refractivity contribution in [3.63, 3.8) is 0 Å². The molecule has 0 aliphatic rings. The highest BCUT2D eigenvalue weighted by molar-refractivity contribution is 9.11. The molecule has 0 bridgehead atoms. The summed E-state index contributed by atoms with van der Waals surface area (Å²) in [6.45, 7) is 1.92. The van der Waals surface area contributed by atoms with Gasteiger partial charge in [-0.15, -0.1) is 0 Å². The van der Waals surface area contributed by atoms with E-state index in [1.54, 1.807) is 30.3 Å². The number of aryl methyl sites for hydroxylation is 1. The highest BCUT2D eigenvalue weighted by Crippen LogP contribution is 2.29. The number of ether oxygens (including phenoxy) is 1. The van der Waals surface area contributed by atoms with E-state index in [4.69, 9.17) is 16.3 Å². The number of hydrogen-bond acceptors (Lipinski definition) is 2. The Kier molecular flexibility index (Phi) is 5.07. The number of rotatable bonds is 2. The number of nitrogens with one attached hydrogen (secondary N) is 1. The van der Waals surface area contributed by atoms with Crippen molar-refractivity contribution in [3.8, 4) is 5.75 Å². The van der Waals surface area contributed by atoms with Gasteiger partial charge in [0.1, 0.15) is 5.75 Å². The van der Waals surface area contributed by atoms with Gasteiger partial charge >= 0.3 is 6.09 Å². The Balaban J connectivity index is 2.09. The largest absolute Gasteiger partial charge is 0.417 e. The van der Waals surface area contributed by atoms with Crippen molar-refractivity contribution in [3.05, 3.63) is 55.9 Å². The number of amides is 1. The number of benzene rings is 2. The minimum Gasteiger partial charge on any atom is -0.409 e. The molecule has 0 atom stereocenters. The molecular weight excluding hydrogens is 409 g/mol. The van der Waals surface area contributed by atoms with E-state index in [0.717, 1.165) is 10.0 Å². The third-order valence-corrected chi connectivity index (χ3v) is 3.88. The fourth-order valence-corrected chi connectivity index (χ4v) is 2.93. The minimum absolute atomic E-state index is 0.425. The smallest absolute Gasteiger partial charge is 0.409 e. The zero-order valence-electron chi connectivity index (χ0n) is 10.4. The molecule has 6 heteroatoms. The zero-order valence-corrected chi connectivity index (χ0v) is 14.3. The van der Waals surface area contributed by atoms with E-state index in [9.17, 15) is 4.79 Å². The van der Waals surface area contributed by atoms with Crippen LogP contribution in [-0.2, 0) is 0 Å². The van der Waals surface area contributed by atoms with Gasteiger partial charge in [0.25, 0.3) is 0 Å². The van der Waals surface area contributed by atoms with Gasteiger partial charge in [-0.2, -0.15) is 0 Å². The summed E-state index contributed by atoms with van der Waals surface area (Å²) in [7, 11) is 0. The van der Waals surface area contributed by atoms with Gasteiger partial charge in [0, 0.05) is 4.47 Å². The van der Waals surface area contributed by atoms with Gasteiger partial charge in [0.05, 0.1) is 15.2 Å². The lowest BCUT2D eigenvalue weighted by atomic mass is 10.2. The number of anilines is 1. The van der Waals surface area contributed by atoms with Gasteiger partial charge in [0.2, 0.25) is 0 Å². The monoisotopic (exact) mass is 417 g/mol. The Morgan fingerprint density at radius 3 is 2.60 bits per heavy atom. The quantitative estimate of drug-likeness (QED) is 0.670. The fraction of sp³-hybridized carbons (Fsp3) is 0.0714. The zero-order chi connectivity index (χ0) is 14.7. The number of halogens is 3. The Morgan fingerprint density at radius 1 is 1.20 bits per heavy atom. The van der Waals surface area contributed by atoms with Gasteiger partial charge in [-0.1, -0.05) is 33.6 Å². The van der Waals surface area contributed by atoms with Gasteiger partial charge in [0.15, 0.2) is 0 Å². The topological polar surface area (TPSA) is 38.3 Å². The van der Waals surface area contributed by atoms with Crippen molar-refractivity contribution in [1.82, 2.24) is 0 Å². The van der Waals surface area contributed by atoms with Crippen LogP contribution < -0.4 is 10.1 Å². The molecule has 0 aliphatic heterocycles. The first-order chi connectivity index (χ1) is 9.45. The molecule has 20 heavy (non-hydrogen) atoms. The highest BCUT2D eigenvalue weighted by Gasteiger charge is 2.10. The molecule has 3 nitrogen and oxygen atoms in total. The predicted molar refractivity (Wildman–Crippen MR) is 87.7 cm³/mol. The predicted octanol–water partition coefficient (Wildman–Crippen LogP) is 5.78. The molecule has 0 aliphatic carbocycles. The van der Waals surface area contributed by atoms with Crippen molar-refractivity contribution in [2.24, 2.45) is 0 Å². The van der Waals surface area contributed by atoms with Gasteiger partial charge in [-0.25, -0.2) is 4.79 Å². The average Bonchev–Trinajstić information content (AvgIpc) is 2.36. The summed E-state index contributed by atoms with van der Waals surface area (Å²) in [5, 5.41) is 3.07. The van der Waals surface area contributed by atoms with Crippen molar-refractivity contribution < 1.29 is 9.53 Å². The molecule has 0 spiro atoms. The summed E-state index contributed by atoms with van der Waals surface area (Å²) in [5.41, 5.74) is 1.53. The summed E-state index contributed by atoms with van der Waals surface area (Å²) in [6, 6.07) is 10.6. The van der Waals surface area contributed by atoms with Crippen molar-refractivity contribution in [1.29, 1.82) is 0 Å². The van der Waals surface area contributed by atoms with Crippen LogP contribution in [0, 0.1) is 6.92 Å². The van der Waals surface area contributed by atoms with E-state index < -0.39 is 6.09 Å². The summed E-state index contributed by atoms with van der Waals surface area (Å²) >= 11 is 12.7. The summed E-state index contributed by atoms with van der Waals surface area (Å²) in [5.74, 6) is 0.425. The van der Waals surface area contributed by atoms with Crippen LogP contribution in [0.15, 0.2) is 45.3 Å². The molecule has 0 saturated heterocycles. The minimum atomic E-state index is -0.598. The van der Waals surface area contributed by atoms with E-state index in [-0.39, 0.29) is 0 Å². The Morgan fingerprint density at radius 2 is 1.95 bits per heavy atom. The van der Waals surface area contributed by atoms with Crippen molar-refractivity contribution >= 4 is 55.2 Å². The van der Waals surface area contributed by atoms with Crippen LogP contribution in [0.2, 0.25) is 5.02 Å². The first-order valence-corrected chi connectivity index (χ1v) is 7.62. The third kappa shape index (κ3) is 3.98. The Bertz CT molecular complexity index is 606. The first kappa shape index (κ1) is 15.4.